The van der Waals surface area contributed by atoms with Gasteiger partial charge in [0.2, 0.25) is 0 Å². The number of pyridine rings is 1. The molecule has 0 aliphatic rings. The van der Waals surface area contributed by atoms with Crippen molar-refractivity contribution in [3.05, 3.63) is 45.8 Å². The lowest BCUT2D eigenvalue weighted by atomic mass is 10.2. The summed E-state index contributed by atoms with van der Waals surface area (Å²) >= 11 is 0. The molecule has 0 fully saturated rings. The van der Waals surface area contributed by atoms with Crippen molar-refractivity contribution in [1.82, 2.24) is 14.1 Å². The van der Waals surface area contributed by atoms with Crippen LogP contribution in [-0.4, -0.2) is 20.4 Å². The smallest absolute Gasteiger partial charge is 0.296 e. The van der Waals surface area contributed by atoms with Crippen molar-refractivity contribution in [3.8, 4) is 11.9 Å². The van der Waals surface area contributed by atoms with Gasteiger partial charge in [0.25, 0.3) is 0 Å². The molecule has 0 saturated carbocycles. The van der Waals surface area contributed by atoms with Crippen LogP contribution in [0.1, 0.15) is 21.6 Å². The van der Waals surface area contributed by atoms with Crippen LogP contribution in [0.2, 0.25) is 0 Å². The van der Waals surface area contributed by atoms with Crippen LogP contribution in [0.5, 0.6) is 0 Å². The van der Waals surface area contributed by atoms with E-state index in [4.69, 9.17) is 5.26 Å². The zero-order chi connectivity index (χ0) is 13.3. The lowest BCUT2D eigenvalue weighted by molar-refractivity contribution is 0.111. The fourth-order valence-corrected chi connectivity index (χ4v) is 1.61. The van der Waals surface area contributed by atoms with Crippen molar-refractivity contribution < 1.29 is 4.79 Å². The van der Waals surface area contributed by atoms with Gasteiger partial charge in [0.05, 0.1) is 5.56 Å². The lowest BCUT2D eigenvalue weighted by Gasteiger charge is -2.02. The third-order valence-corrected chi connectivity index (χ3v) is 2.73. The van der Waals surface area contributed by atoms with Crippen LogP contribution >= 0.6 is 0 Å². The molecule has 2 rings (SSSR count). The second-order valence-electron chi connectivity index (χ2n) is 3.85. The van der Waals surface area contributed by atoms with Gasteiger partial charge in [-0.2, -0.15) is 5.26 Å². The van der Waals surface area contributed by atoms with Crippen molar-refractivity contribution in [2.24, 2.45) is 7.05 Å². The number of carbonyl (C=O) groups excluding carboxylic acids is 1. The first-order chi connectivity index (χ1) is 8.58. The first-order valence-corrected chi connectivity index (χ1v) is 5.19. The number of nitriles is 1. The molecule has 0 bridgehead atoms. The Balaban J connectivity index is 2.63. The van der Waals surface area contributed by atoms with E-state index < -0.39 is 0 Å². The van der Waals surface area contributed by atoms with Crippen molar-refractivity contribution in [2.75, 3.05) is 0 Å². The molecule has 0 amide bonds. The number of aromatic nitrogens is 3. The number of aldehydes is 1. The normalized spacial score (nSPS) is 10.1. The van der Waals surface area contributed by atoms with Crippen molar-refractivity contribution >= 4 is 6.29 Å². The second kappa shape index (κ2) is 4.30. The van der Waals surface area contributed by atoms with Gasteiger partial charge in [-0.1, -0.05) is 0 Å². The second-order valence-corrected chi connectivity index (χ2v) is 3.85. The number of hydrogen-bond donors (Lipinski definition) is 0. The highest BCUT2D eigenvalue weighted by Gasteiger charge is 2.10. The van der Waals surface area contributed by atoms with Gasteiger partial charge in [-0.05, 0) is 18.6 Å². The molecule has 0 radical (unpaired) electrons. The van der Waals surface area contributed by atoms with E-state index in [1.807, 2.05) is 6.07 Å². The van der Waals surface area contributed by atoms with E-state index in [-0.39, 0.29) is 11.4 Å². The Morgan fingerprint density at radius 3 is 2.72 bits per heavy atom. The summed E-state index contributed by atoms with van der Waals surface area (Å²) in [6.07, 6.45) is 3.43. The van der Waals surface area contributed by atoms with Crippen LogP contribution in [0, 0.1) is 18.3 Å². The molecule has 0 N–H and O–H groups in total. The zero-order valence-electron chi connectivity index (χ0n) is 9.91. The van der Waals surface area contributed by atoms with E-state index in [0.29, 0.717) is 17.7 Å². The number of carbonyl (C=O) groups is 1. The highest BCUT2D eigenvalue weighted by molar-refractivity contribution is 5.71. The summed E-state index contributed by atoms with van der Waals surface area (Å²) in [6, 6.07) is 3.64. The number of nitrogens with zero attached hydrogens (tertiary/aromatic N) is 4. The minimum atomic E-state index is -0.353. The SMILES string of the molecule is Cc1cc(-n2cc(C=O)n(C)c2=O)ncc1C#N. The van der Waals surface area contributed by atoms with E-state index in [2.05, 4.69) is 4.98 Å². The zero-order valence-corrected chi connectivity index (χ0v) is 9.91. The molecule has 0 spiro atoms. The molecule has 2 heterocycles. The summed E-state index contributed by atoms with van der Waals surface area (Å²) in [5, 5.41) is 8.81. The number of rotatable bonds is 2. The molecule has 0 saturated heterocycles. The first kappa shape index (κ1) is 11.8. The molecule has 90 valence electrons. The lowest BCUT2D eigenvalue weighted by Crippen LogP contribution is -2.22. The predicted molar refractivity (Wildman–Crippen MR) is 63.6 cm³/mol. The van der Waals surface area contributed by atoms with Crippen LogP contribution in [0.25, 0.3) is 5.82 Å². The molecule has 0 unspecified atom stereocenters. The van der Waals surface area contributed by atoms with E-state index in [9.17, 15) is 9.59 Å². The van der Waals surface area contributed by atoms with Gasteiger partial charge in [0.15, 0.2) is 6.29 Å². The Kier molecular flexibility index (Phi) is 2.81. The summed E-state index contributed by atoms with van der Waals surface area (Å²) in [4.78, 5) is 26.7. The maximum absolute atomic E-state index is 11.9. The summed E-state index contributed by atoms with van der Waals surface area (Å²) in [5.41, 5.74) is 1.10. The molecule has 6 nitrogen and oxygen atoms in total. The van der Waals surface area contributed by atoms with Gasteiger partial charge in [-0.15, -0.1) is 0 Å². The molecule has 6 heteroatoms. The Labute approximate surface area is 103 Å². The monoisotopic (exact) mass is 242 g/mol. The Hall–Kier alpha value is -2.68. The summed E-state index contributed by atoms with van der Waals surface area (Å²) in [5.74, 6) is 0.389. The van der Waals surface area contributed by atoms with Crippen LogP contribution in [0.15, 0.2) is 23.3 Å². The van der Waals surface area contributed by atoms with Crippen LogP contribution in [0.3, 0.4) is 0 Å². The predicted octanol–water partition coefficient (Wildman–Crippen LogP) is 0.564. The average molecular weight is 242 g/mol. The van der Waals surface area contributed by atoms with Crippen molar-refractivity contribution in [1.29, 1.82) is 5.26 Å². The molecule has 2 aromatic rings. The van der Waals surface area contributed by atoms with Gasteiger partial charge in [-0.25, -0.2) is 9.78 Å². The summed E-state index contributed by atoms with van der Waals surface area (Å²) < 4.78 is 2.51. The van der Waals surface area contributed by atoms with Gasteiger partial charge in [0.1, 0.15) is 17.6 Å². The highest BCUT2D eigenvalue weighted by atomic mass is 16.2. The molecule has 18 heavy (non-hydrogen) atoms. The molecule has 2 aromatic heterocycles. The third-order valence-electron chi connectivity index (χ3n) is 2.73. The Morgan fingerprint density at radius 2 is 2.22 bits per heavy atom. The van der Waals surface area contributed by atoms with Gasteiger partial charge in [0, 0.05) is 19.4 Å². The number of imidazole rings is 1. The maximum Gasteiger partial charge on any atom is 0.334 e. The summed E-state index contributed by atoms with van der Waals surface area (Å²) in [7, 11) is 1.51. The minimum Gasteiger partial charge on any atom is -0.296 e. The Bertz CT molecular complexity index is 719. The molecular weight excluding hydrogens is 232 g/mol. The molecule has 0 aliphatic carbocycles. The molecule has 0 aromatic carbocycles. The summed E-state index contributed by atoms with van der Waals surface area (Å²) in [6.45, 7) is 1.76. The maximum atomic E-state index is 11.9. The molecule has 0 aliphatic heterocycles. The van der Waals surface area contributed by atoms with E-state index >= 15 is 0 Å². The number of hydrogen-bond acceptors (Lipinski definition) is 4. The molecular formula is C12H10N4O2. The standard InChI is InChI=1S/C12H10N4O2/c1-8-3-11(14-5-9(8)4-13)16-6-10(7-17)15(2)12(16)18/h3,5-7H,1-2H3. The van der Waals surface area contributed by atoms with E-state index in [0.717, 1.165) is 5.56 Å². The minimum absolute atomic E-state index is 0.267. The van der Waals surface area contributed by atoms with Gasteiger partial charge in [-0.3, -0.25) is 13.9 Å². The number of aryl methyl sites for hydroxylation is 1. The third kappa shape index (κ3) is 1.72. The fourth-order valence-electron chi connectivity index (χ4n) is 1.61. The van der Waals surface area contributed by atoms with E-state index in [1.165, 1.54) is 28.6 Å². The van der Waals surface area contributed by atoms with Crippen LogP contribution in [0.4, 0.5) is 0 Å². The van der Waals surface area contributed by atoms with Crippen molar-refractivity contribution in [3.63, 3.8) is 0 Å². The Morgan fingerprint density at radius 1 is 1.50 bits per heavy atom. The first-order valence-electron chi connectivity index (χ1n) is 5.19. The average Bonchev–Trinajstić information content (AvgIpc) is 2.66. The van der Waals surface area contributed by atoms with Crippen molar-refractivity contribution in [2.45, 2.75) is 6.92 Å². The molecule has 0 atom stereocenters. The van der Waals surface area contributed by atoms with Crippen LogP contribution < -0.4 is 5.69 Å². The van der Waals surface area contributed by atoms with Gasteiger partial charge >= 0.3 is 5.69 Å². The van der Waals surface area contributed by atoms with Gasteiger partial charge < -0.3 is 0 Å². The quantitative estimate of drug-likeness (QED) is 0.721. The van der Waals surface area contributed by atoms with E-state index in [1.54, 1.807) is 13.0 Å². The topological polar surface area (TPSA) is 80.7 Å². The largest absolute Gasteiger partial charge is 0.334 e. The fraction of sp³-hybridized carbons (Fsp3) is 0.167. The highest BCUT2D eigenvalue weighted by Crippen LogP contribution is 2.10. The van der Waals surface area contributed by atoms with Crippen LogP contribution in [-0.2, 0) is 7.05 Å².